The molecule has 0 atom stereocenters. The van der Waals surface area contributed by atoms with E-state index >= 15 is 0 Å². The van der Waals surface area contributed by atoms with Crippen LogP contribution in [0.15, 0.2) is 12.7 Å². The first kappa shape index (κ1) is 16.5. The summed E-state index contributed by atoms with van der Waals surface area (Å²) in [6, 6.07) is 0. The lowest BCUT2D eigenvalue weighted by Gasteiger charge is -2.40. The summed E-state index contributed by atoms with van der Waals surface area (Å²) < 4.78 is 5.35. The first-order chi connectivity index (χ1) is 9.17. The molecule has 2 N–H and O–H groups in total. The Kier molecular flexibility index (Phi) is 5.20. The van der Waals surface area contributed by atoms with Crippen LogP contribution in [0.3, 0.4) is 0 Å². The van der Waals surface area contributed by atoms with Gasteiger partial charge in [0.1, 0.15) is 12.0 Å². The van der Waals surface area contributed by atoms with Crippen molar-refractivity contribution in [3.63, 3.8) is 0 Å². The third-order valence-corrected chi connectivity index (χ3v) is 3.59. The molecule has 0 aliphatic carbocycles. The summed E-state index contributed by atoms with van der Waals surface area (Å²) in [5.41, 5.74) is -0.705. The SMILES string of the molecule is C=CCC1(CC(=O)[OH2+])CCN(C(=O)OC(C)(C)C)CC1. The Hall–Kier alpha value is -1.52. The Balaban J connectivity index is 2.62. The van der Waals surface area contributed by atoms with Crippen molar-refractivity contribution in [1.29, 1.82) is 0 Å². The maximum absolute atomic E-state index is 12.0. The van der Waals surface area contributed by atoms with Crippen LogP contribution in [-0.4, -0.2) is 40.8 Å². The minimum Gasteiger partial charge on any atom is -0.565 e. The minimum absolute atomic E-state index is 0.209. The Morgan fingerprint density at radius 2 is 1.90 bits per heavy atom. The van der Waals surface area contributed by atoms with Gasteiger partial charge in [0.25, 0.3) is 0 Å². The number of rotatable bonds is 4. The molecule has 0 radical (unpaired) electrons. The number of carbonyl (C=O) groups is 2. The van der Waals surface area contributed by atoms with Crippen molar-refractivity contribution in [2.24, 2.45) is 5.41 Å². The molecule has 1 amide bonds. The maximum atomic E-state index is 12.0. The fraction of sp³-hybridized carbons (Fsp3) is 0.733. The van der Waals surface area contributed by atoms with Gasteiger partial charge in [-0.25, -0.2) is 4.79 Å². The average molecular weight is 284 g/mol. The molecule has 0 bridgehead atoms. The highest BCUT2D eigenvalue weighted by Crippen LogP contribution is 2.39. The topological polar surface area (TPSA) is 69.5 Å². The fourth-order valence-electron chi connectivity index (χ4n) is 2.59. The Labute approximate surface area is 120 Å². The fourth-order valence-corrected chi connectivity index (χ4v) is 2.59. The van der Waals surface area contributed by atoms with Gasteiger partial charge >= 0.3 is 12.1 Å². The second kappa shape index (κ2) is 6.29. The van der Waals surface area contributed by atoms with Crippen molar-refractivity contribution in [1.82, 2.24) is 4.90 Å². The second-order valence-corrected chi connectivity index (χ2v) is 6.56. The average Bonchev–Trinajstić information content (AvgIpc) is 2.26. The molecule has 1 saturated heterocycles. The molecule has 1 rings (SSSR count). The van der Waals surface area contributed by atoms with Crippen molar-refractivity contribution < 1.29 is 19.4 Å². The van der Waals surface area contributed by atoms with Gasteiger partial charge in [-0.2, -0.15) is 0 Å². The van der Waals surface area contributed by atoms with Crippen molar-refractivity contribution in [3.05, 3.63) is 12.7 Å². The van der Waals surface area contributed by atoms with Gasteiger partial charge in [0.15, 0.2) is 0 Å². The number of ether oxygens (including phenoxy) is 1. The van der Waals surface area contributed by atoms with Gasteiger partial charge in [-0.3, -0.25) is 0 Å². The quantitative estimate of drug-likeness (QED) is 0.587. The summed E-state index contributed by atoms with van der Waals surface area (Å²) in [5.74, 6) is -0.544. The first-order valence-electron chi connectivity index (χ1n) is 7.01. The summed E-state index contributed by atoms with van der Waals surface area (Å²) in [7, 11) is 0. The molecule has 0 aromatic rings. The normalized spacial score (nSPS) is 18.4. The number of hydrogen-bond donors (Lipinski definition) is 0. The maximum Gasteiger partial charge on any atom is 0.516 e. The molecule has 0 aromatic carbocycles. The highest BCUT2D eigenvalue weighted by molar-refractivity contribution is 5.69. The third kappa shape index (κ3) is 4.87. The van der Waals surface area contributed by atoms with E-state index in [1.165, 1.54) is 0 Å². The Bertz CT molecular complexity index is 376. The summed E-state index contributed by atoms with van der Waals surface area (Å²) >= 11 is 0. The van der Waals surface area contributed by atoms with E-state index in [0.717, 1.165) is 0 Å². The van der Waals surface area contributed by atoms with E-state index in [9.17, 15) is 9.59 Å². The number of nitrogens with zero attached hydrogens (tertiary/aromatic N) is 1. The smallest absolute Gasteiger partial charge is 0.516 e. The highest BCUT2D eigenvalue weighted by atomic mass is 16.6. The minimum atomic E-state index is -0.544. The number of amides is 1. The van der Waals surface area contributed by atoms with Crippen LogP contribution < -0.4 is 0 Å². The standard InChI is InChI=1S/C15H25NO4/c1-5-6-15(11-12(17)18)7-9-16(10-8-15)13(19)20-14(2,3)4/h5H,1,6-11H2,2-4H3,(H,17,18)/p+1. The molecule has 0 aromatic heterocycles. The van der Waals surface area contributed by atoms with Gasteiger partial charge in [0, 0.05) is 17.9 Å². The number of likely N-dealkylation sites (tertiary alicyclic amines) is 1. The zero-order chi connectivity index (χ0) is 15.4. The molecule has 0 unspecified atom stereocenters. The third-order valence-electron chi connectivity index (χ3n) is 3.59. The zero-order valence-electron chi connectivity index (χ0n) is 12.7. The molecular weight excluding hydrogens is 258 g/mol. The lowest BCUT2D eigenvalue weighted by Crippen LogP contribution is -2.45. The van der Waals surface area contributed by atoms with Crippen LogP contribution in [0.5, 0.6) is 0 Å². The summed E-state index contributed by atoms with van der Waals surface area (Å²) in [6.45, 7) is 10.4. The van der Waals surface area contributed by atoms with Crippen LogP contribution in [-0.2, 0) is 9.53 Å². The van der Waals surface area contributed by atoms with Crippen LogP contribution in [0.4, 0.5) is 4.79 Å². The summed E-state index contributed by atoms with van der Waals surface area (Å²) in [5, 5.41) is 7.19. The van der Waals surface area contributed by atoms with Crippen LogP contribution in [0.2, 0.25) is 0 Å². The van der Waals surface area contributed by atoms with Gasteiger partial charge in [0.05, 0.1) is 0 Å². The van der Waals surface area contributed by atoms with E-state index in [0.29, 0.717) is 32.4 Å². The van der Waals surface area contributed by atoms with Crippen LogP contribution >= 0.6 is 0 Å². The number of piperidine rings is 1. The molecular formula is C15H26NO4+. The lowest BCUT2D eigenvalue weighted by atomic mass is 9.73. The largest absolute Gasteiger partial charge is 0.565 e. The van der Waals surface area contributed by atoms with Crippen molar-refractivity contribution >= 4 is 12.1 Å². The molecule has 1 aliphatic rings. The molecule has 1 heterocycles. The van der Waals surface area contributed by atoms with Crippen LogP contribution in [0.25, 0.3) is 0 Å². The number of allylic oxidation sites excluding steroid dienone is 1. The summed E-state index contributed by atoms with van der Waals surface area (Å²) in [6.07, 6.45) is 3.86. The predicted octanol–water partition coefficient (Wildman–Crippen LogP) is 2.22. The van der Waals surface area contributed by atoms with E-state index in [-0.39, 0.29) is 17.9 Å². The lowest BCUT2D eigenvalue weighted by molar-refractivity contribution is -0.140. The molecule has 5 nitrogen and oxygen atoms in total. The van der Waals surface area contributed by atoms with E-state index < -0.39 is 11.6 Å². The van der Waals surface area contributed by atoms with Crippen molar-refractivity contribution in [3.8, 4) is 0 Å². The molecule has 0 spiro atoms. The van der Waals surface area contributed by atoms with Gasteiger partial charge < -0.3 is 14.7 Å². The number of hydrogen-bond acceptors (Lipinski definition) is 3. The van der Waals surface area contributed by atoms with E-state index in [1.807, 2.05) is 20.8 Å². The highest BCUT2D eigenvalue weighted by Gasteiger charge is 2.39. The van der Waals surface area contributed by atoms with Crippen LogP contribution in [0.1, 0.15) is 46.5 Å². The van der Waals surface area contributed by atoms with Crippen molar-refractivity contribution in [2.75, 3.05) is 13.1 Å². The van der Waals surface area contributed by atoms with Gasteiger partial charge in [-0.05, 0) is 45.4 Å². The van der Waals surface area contributed by atoms with Gasteiger partial charge in [-0.1, -0.05) is 6.08 Å². The Morgan fingerprint density at radius 3 is 2.30 bits per heavy atom. The van der Waals surface area contributed by atoms with E-state index in [4.69, 9.17) is 9.84 Å². The molecule has 5 heteroatoms. The molecule has 1 fully saturated rings. The van der Waals surface area contributed by atoms with Gasteiger partial charge in [0.2, 0.25) is 0 Å². The zero-order valence-corrected chi connectivity index (χ0v) is 12.7. The predicted molar refractivity (Wildman–Crippen MR) is 77.5 cm³/mol. The molecule has 0 saturated carbocycles. The molecule has 114 valence electrons. The van der Waals surface area contributed by atoms with Crippen LogP contribution in [0, 0.1) is 5.41 Å². The Morgan fingerprint density at radius 1 is 1.35 bits per heavy atom. The van der Waals surface area contributed by atoms with E-state index in [1.54, 1.807) is 11.0 Å². The monoisotopic (exact) mass is 284 g/mol. The van der Waals surface area contributed by atoms with Crippen molar-refractivity contribution in [2.45, 2.75) is 52.1 Å². The molecule has 1 aliphatic heterocycles. The summed E-state index contributed by atoms with van der Waals surface area (Å²) in [4.78, 5) is 24.8. The second-order valence-electron chi connectivity index (χ2n) is 6.56. The molecule has 20 heavy (non-hydrogen) atoms. The van der Waals surface area contributed by atoms with E-state index in [2.05, 4.69) is 6.58 Å². The first-order valence-corrected chi connectivity index (χ1v) is 7.01. The number of carbonyl (C=O) groups excluding carboxylic acids is 2. The van der Waals surface area contributed by atoms with Gasteiger partial charge in [-0.15, -0.1) is 6.58 Å².